The number of methoxy groups -OCH3 is 1. The first kappa shape index (κ1) is 14.8. The van der Waals surface area contributed by atoms with Crippen LogP contribution in [0.15, 0.2) is 24.3 Å². The summed E-state index contributed by atoms with van der Waals surface area (Å²) in [4.78, 5) is 34.4. The lowest BCUT2D eigenvalue weighted by molar-refractivity contribution is -0.384. The van der Waals surface area contributed by atoms with Gasteiger partial charge in [-0.2, -0.15) is 0 Å². The number of nitro groups is 1. The van der Waals surface area contributed by atoms with Gasteiger partial charge in [0, 0.05) is 12.1 Å². The topological polar surface area (TPSA) is 98.8 Å². The predicted octanol–water partition coefficient (Wildman–Crippen LogP) is 1.48. The third-order valence-corrected chi connectivity index (χ3v) is 3.27. The van der Waals surface area contributed by atoms with E-state index in [9.17, 15) is 19.7 Å². The van der Waals surface area contributed by atoms with Crippen molar-refractivity contribution in [2.75, 3.05) is 7.11 Å². The summed E-state index contributed by atoms with van der Waals surface area (Å²) in [7, 11) is 1.26. The molecule has 1 aromatic carbocycles. The maximum absolute atomic E-state index is 11.8. The molecule has 0 N–H and O–H groups in total. The van der Waals surface area contributed by atoms with Gasteiger partial charge < -0.3 is 9.47 Å². The van der Waals surface area contributed by atoms with Crippen LogP contribution in [0.3, 0.4) is 0 Å². The van der Waals surface area contributed by atoms with Crippen molar-refractivity contribution in [1.82, 2.24) is 4.90 Å². The molecular formula is C13H14N2O6. The van der Waals surface area contributed by atoms with E-state index in [2.05, 4.69) is 4.74 Å². The number of carbonyl (C=O) groups excluding carboxylic acids is 2. The second kappa shape index (κ2) is 5.78. The van der Waals surface area contributed by atoms with E-state index in [0.29, 0.717) is 5.56 Å². The van der Waals surface area contributed by atoms with Gasteiger partial charge in [-0.05, 0) is 24.6 Å². The van der Waals surface area contributed by atoms with Crippen LogP contribution in [0.2, 0.25) is 0 Å². The van der Waals surface area contributed by atoms with E-state index in [1.165, 1.54) is 36.3 Å². The molecule has 1 aliphatic rings. The molecule has 1 amide bonds. The predicted molar refractivity (Wildman–Crippen MR) is 70.4 cm³/mol. The number of hydrogen-bond donors (Lipinski definition) is 0. The summed E-state index contributed by atoms with van der Waals surface area (Å²) in [6, 6.07) is 4.84. The smallest absolute Gasteiger partial charge is 0.411 e. The fourth-order valence-electron chi connectivity index (χ4n) is 1.99. The van der Waals surface area contributed by atoms with Gasteiger partial charge >= 0.3 is 12.1 Å². The van der Waals surface area contributed by atoms with Crippen LogP contribution in [0.25, 0.3) is 0 Å². The summed E-state index contributed by atoms with van der Waals surface area (Å²) >= 11 is 0. The molecule has 0 unspecified atom stereocenters. The molecule has 1 fully saturated rings. The van der Waals surface area contributed by atoms with Gasteiger partial charge in [0.25, 0.3) is 5.69 Å². The van der Waals surface area contributed by atoms with E-state index in [1.54, 1.807) is 6.92 Å². The van der Waals surface area contributed by atoms with Gasteiger partial charge in [0.05, 0.1) is 18.1 Å². The molecule has 0 spiro atoms. The average Bonchev–Trinajstić information content (AvgIpc) is 3.15. The number of non-ortho nitro benzene ring substituents is 1. The van der Waals surface area contributed by atoms with Crippen LogP contribution in [0.5, 0.6) is 0 Å². The molecule has 0 aliphatic carbocycles. The van der Waals surface area contributed by atoms with Crippen molar-refractivity contribution in [1.29, 1.82) is 0 Å². The number of amides is 1. The summed E-state index contributed by atoms with van der Waals surface area (Å²) in [5, 5.41) is 10.5. The summed E-state index contributed by atoms with van der Waals surface area (Å²) in [5.74, 6) is -0.477. The van der Waals surface area contributed by atoms with Crippen LogP contribution in [0, 0.1) is 10.1 Å². The van der Waals surface area contributed by atoms with Crippen LogP contribution >= 0.6 is 0 Å². The third kappa shape index (κ3) is 3.10. The zero-order valence-corrected chi connectivity index (χ0v) is 11.5. The van der Waals surface area contributed by atoms with Gasteiger partial charge in [0.15, 0.2) is 6.04 Å². The first-order valence-electron chi connectivity index (χ1n) is 6.22. The molecule has 112 valence electrons. The van der Waals surface area contributed by atoms with E-state index < -0.39 is 23.0 Å². The molecular weight excluding hydrogens is 280 g/mol. The molecule has 0 bridgehead atoms. The lowest BCUT2D eigenvalue weighted by Gasteiger charge is -2.06. The van der Waals surface area contributed by atoms with E-state index in [0.717, 1.165) is 0 Å². The van der Waals surface area contributed by atoms with Gasteiger partial charge in [0.2, 0.25) is 0 Å². The minimum atomic E-state index is -0.615. The van der Waals surface area contributed by atoms with E-state index >= 15 is 0 Å². The largest absolute Gasteiger partial charge is 0.467 e. The molecule has 0 radical (unpaired) electrons. The highest BCUT2D eigenvalue weighted by molar-refractivity contribution is 5.88. The number of carbonyl (C=O) groups is 2. The first-order valence-corrected chi connectivity index (χ1v) is 6.22. The number of esters is 1. The molecule has 0 aromatic heterocycles. The third-order valence-electron chi connectivity index (χ3n) is 3.27. The first-order chi connectivity index (χ1) is 9.95. The average molecular weight is 294 g/mol. The Balaban J connectivity index is 1.87. The second-order valence-corrected chi connectivity index (χ2v) is 4.59. The minimum Gasteiger partial charge on any atom is -0.467 e. The maximum Gasteiger partial charge on any atom is 0.411 e. The Bertz CT molecular complexity index is 571. The van der Waals surface area contributed by atoms with Crippen molar-refractivity contribution in [3.63, 3.8) is 0 Å². The lowest BCUT2D eigenvalue weighted by Crippen LogP contribution is -2.20. The van der Waals surface area contributed by atoms with Crippen molar-refractivity contribution < 1.29 is 24.0 Å². The Kier molecular flexibility index (Phi) is 4.06. The highest BCUT2D eigenvalue weighted by atomic mass is 16.6. The Morgan fingerprint density at radius 2 is 1.95 bits per heavy atom. The van der Waals surface area contributed by atoms with E-state index in [-0.39, 0.29) is 18.3 Å². The number of ether oxygens (including phenoxy) is 2. The Morgan fingerprint density at radius 1 is 1.33 bits per heavy atom. The highest BCUT2D eigenvalue weighted by Crippen LogP contribution is 2.30. The minimum absolute atomic E-state index is 0.0199. The van der Waals surface area contributed by atoms with E-state index in [4.69, 9.17) is 4.74 Å². The van der Waals surface area contributed by atoms with Gasteiger partial charge in [-0.3, -0.25) is 15.0 Å². The molecule has 2 rings (SSSR count). The number of hydrogen-bond acceptors (Lipinski definition) is 6. The molecule has 0 saturated carbocycles. The SMILES string of the molecule is COC(=O)[C@@H]1[C@H](C)N1C(=O)OCc1ccc([N+](=O)[O-])cc1. The van der Waals surface area contributed by atoms with Crippen LogP contribution in [0.4, 0.5) is 10.5 Å². The number of nitrogens with zero attached hydrogens (tertiary/aromatic N) is 2. The summed E-state index contributed by atoms with van der Waals surface area (Å²) in [5.41, 5.74) is 0.591. The van der Waals surface area contributed by atoms with Gasteiger partial charge in [0.1, 0.15) is 6.61 Å². The number of benzene rings is 1. The standard InChI is InChI=1S/C13H14N2O6/c1-8-11(12(16)20-2)14(8)13(17)21-7-9-3-5-10(6-4-9)15(18)19/h3-6,8,11H,7H2,1-2H3/t8-,11-,14?/m0/s1. The van der Waals surface area contributed by atoms with Crippen LogP contribution < -0.4 is 0 Å². The van der Waals surface area contributed by atoms with Crippen molar-refractivity contribution in [2.45, 2.75) is 25.6 Å². The van der Waals surface area contributed by atoms with Crippen LogP contribution in [-0.2, 0) is 20.9 Å². The fourth-order valence-corrected chi connectivity index (χ4v) is 1.99. The molecule has 1 aromatic rings. The van der Waals surface area contributed by atoms with Gasteiger partial charge in [-0.15, -0.1) is 0 Å². The van der Waals surface area contributed by atoms with Crippen molar-refractivity contribution >= 4 is 17.7 Å². The monoisotopic (exact) mass is 294 g/mol. The Hall–Kier alpha value is -2.64. The van der Waals surface area contributed by atoms with Crippen molar-refractivity contribution in [3.05, 3.63) is 39.9 Å². The highest BCUT2D eigenvalue weighted by Gasteiger charge is 2.54. The van der Waals surface area contributed by atoms with Crippen molar-refractivity contribution in [3.8, 4) is 0 Å². The van der Waals surface area contributed by atoms with Gasteiger partial charge in [-0.25, -0.2) is 9.59 Å². The number of nitro benzene ring substituents is 1. The number of rotatable bonds is 4. The summed E-state index contributed by atoms with van der Waals surface area (Å²) in [6.45, 7) is 1.70. The molecule has 1 saturated heterocycles. The summed E-state index contributed by atoms with van der Waals surface area (Å²) < 4.78 is 9.63. The maximum atomic E-state index is 11.8. The summed E-state index contributed by atoms with van der Waals surface area (Å²) in [6.07, 6.45) is -0.615. The fraction of sp³-hybridized carbons (Fsp3) is 0.385. The Morgan fingerprint density at radius 3 is 2.48 bits per heavy atom. The normalized spacial score (nSPS) is 19.8. The second-order valence-electron chi connectivity index (χ2n) is 4.59. The molecule has 8 nitrogen and oxygen atoms in total. The van der Waals surface area contributed by atoms with Crippen molar-refractivity contribution in [2.24, 2.45) is 0 Å². The zero-order valence-electron chi connectivity index (χ0n) is 11.5. The van der Waals surface area contributed by atoms with Crippen LogP contribution in [-0.4, -0.2) is 41.1 Å². The Labute approximate surface area is 120 Å². The lowest BCUT2D eigenvalue weighted by atomic mass is 10.2. The quantitative estimate of drug-likeness (QED) is 0.361. The van der Waals surface area contributed by atoms with Crippen LogP contribution in [0.1, 0.15) is 12.5 Å². The van der Waals surface area contributed by atoms with Gasteiger partial charge in [-0.1, -0.05) is 0 Å². The zero-order chi connectivity index (χ0) is 15.6. The van der Waals surface area contributed by atoms with E-state index in [1.807, 2.05) is 0 Å². The molecule has 1 aliphatic heterocycles. The molecule has 8 heteroatoms. The molecule has 21 heavy (non-hydrogen) atoms. The molecule has 1 heterocycles. The molecule has 2 atom stereocenters.